The van der Waals surface area contributed by atoms with E-state index in [-0.39, 0.29) is 0 Å². The summed E-state index contributed by atoms with van der Waals surface area (Å²) in [4.78, 5) is 0. The number of hydrogen-bond donors (Lipinski definition) is 0. The van der Waals surface area contributed by atoms with E-state index in [2.05, 4.69) is 124 Å². The van der Waals surface area contributed by atoms with Crippen LogP contribution >= 0.6 is 11.6 Å². The minimum Gasteiger partial charge on any atom is -0.307 e. The molecule has 3 heteroatoms. The van der Waals surface area contributed by atoms with Crippen LogP contribution in [0.2, 0.25) is 5.02 Å². The maximum Gasteiger partial charge on any atom is 0.0782 e. The Kier molecular flexibility index (Phi) is 4.31. The molecule has 37 heavy (non-hydrogen) atoms. The molecular weight excluding hydrogens is 472 g/mol. The van der Waals surface area contributed by atoms with Crippen molar-refractivity contribution in [1.29, 1.82) is 0 Å². The minimum absolute atomic E-state index is 0.749. The first kappa shape index (κ1) is 20.6. The predicted molar refractivity (Wildman–Crippen MR) is 158 cm³/mol. The summed E-state index contributed by atoms with van der Waals surface area (Å²) in [6.45, 7) is 0. The highest BCUT2D eigenvalue weighted by Crippen LogP contribution is 2.41. The molecule has 8 rings (SSSR count). The normalized spacial score (nSPS) is 11.9. The van der Waals surface area contributed by atoms with Gasteiger partial charge < -0.3 is 9.13 Å². The van der Waals surface area contributed by atoms with Gasteiger partial charge in [-0.2, -0.15) is 0 Å². The Hall–Kier alpha value is -4.53. The lowest BCUT2D eigenvalue weighted by Gasteiger charge is -2.16. The Labute approximate surface area is 218 Å². The van der Waals surface area contributed by atoms with Crippen LogP contribution in [0, 0.1) is 0 Å². The summed E-state index contributed by atoms with van der Waals surface area (Å²) >= 11 is 6.92. The fraction of sp³-hybridized carbons (Fsp3) is 0. The molecule has 0 aliphatic carbocycles. The molecule has 0 saturated heterocycles. The maximum atomic E-state index is 6.92. The summed E-state index contributed by atoms with van der Waals surface area (Å²) in [5.41, 5.74) is 6.82. The van der Waals surface area contributed by atoms with Crippen molar-refractivity contribution >= 4 is 66.0 Å². The number of halogens is 1. The van der Waals surface area contributed by atoms with Crippen LogP contribution in [0.15, 0.2) is 127 Å². The molecule has 2 nitrogen and oxygen atoms in total. The van der Waals surface area contributed by atoms with Crippen molar-refractivity contribution in [3.05, 3.63) is 132 Å². The van der Waals surface area contributed by atoms with E-state index in [1.54, 1.807) is 0 Å². The van der Waals surface area contributed by atoms with Gasteiger partial charge in [0.15, 0.2) is 0 Å². The molecule has 0 aliphatic heterocycles. The van der Waals surface area contributed by atoms with E-state index >= 15 is 0 Å². The fourth-order valence-corrected chi connectivity index (χ4v) is 6.32. The van der Waals surface area contributed by atoms with Gasteiger partial charge in [-0.05, 0) is 35.7 Å². The van der Waals surface area contributed by atoms with Gasteiger partial charge in [0.2, 0.25) is 0 Å². The van der Waals surface area contributed by atoms with Crippen molar-refractivity contribution < 1.29 is 0 Å². The Morgan fingerprint density at radius 1 is 0.378 bits per heavy atom. The lowest BCUT2D eigenvalue weighted by molar-refractivity contribution is 1.14. The molecule has 0 atom stereocenters. The molecule has 0 unspecified atom stereocenters. The number of aromatic nitrogens is 2. The second kappa shape index (κ2) is 7.73. The fourth-order valence-electron chi connectivity index (χ4n) is 6.06. The van der Waals surface area contributed by atoms with Crippen LogP contribution in [-0.4, -0.2) is 9.13 Å². The molecule has 174 valence electrons. The van der Waals surface area contributed by atoms with Crippen LogP contribution in [0.3, 0.4) is 0 Å². The molecule has 0 saturated carbocycles. The minimum atomic E-state index is 0.749. The summed E-state index contributed by atoms with van der Waals surface area (Å²) in [5.74, 6) is 0. The van der Waals surface area contributed by atoms with E-state index in [9.17, 15) is 0 Å². The van der Waals surface area contributed by atoms with Gasteiger partial charge in [-0.15, -0.1) is 0 Å². The number of rotatable bonds is 2. The molecule has 0 N–H and O–H groups in total. The lowest BCUT2D eigenvalue weighted by Crippen LogP contribution is -2.01. The maximum absolute atomic E-state index is 6.92. The topological polar surface area (TPSA) is 9.86 Å². The molecule has 0 fully saturated rings. The summed E-state index contributed by atoms with van der Waals surface area (Å²) in [5, 5.41) is 8.01. The van der Waals surface area contributed by atoms with E-state index in [1.807, 2.05) is 12.1 Å². The first-order valence-electron chi connectivity index (χ1n) is 12.5. The molecule has 0 aliphatic rings. The van der Waals surface area contributed by atoms with E-state index in [0.717, 1.165) is 27.1 Å². The van der Waals surface area contributed by atoms with Gasteiger partial charge in [-0.25, -0.2) is 0 Å². The third-order valence-electron chi connectivity index (χ3n) is 7.57. The highest BCUT2D eigenvalue weighted by molar-refractivity contribution is 6.36. The monoisotopic (exact) mass is 492 g/mol. The molecule has 0 bridgehead atoms. The first-order chi connectivity index (χ1) is 18.3. The van der Waals surface area contributed by atoms with E-state index in [1.165, 1.54) is 43.7 Å². The second-order valence-corrected chi connectivity index (χ2v) is 9.92. The zero-order valence-corrected chi connectivity index (χ0v) is 20.7. The second-order valence-electron chi connectivity index (χ2n) is 9.51. The third kappa shape index (κ3) is 2.82. The van der Waals surface area contributed by atoms with Gasteiger partial charge in [0.25, 0.3) is 0 Å². The SMILES string of the molecule is Clc1cccc2c3ccccc3n(-c3cccc4c5ccccc5n(-c5cccc6ccccc56)c34)c12. The van der Waals surface area contributed by atoms with E-state index in [0.29, 0.717) is 0 Å². The van der Waals surface area contributed by atoms with Crippen molar-refractivity contribution in [1.82, 2.24) is 9.13 Å². The van der Waals surface area contributed by atoms with Crippen molar-refractivity contribution in [2.45, 2.75) is 0 Å². The van der Waals surface area contributed by atoms with E-state index < -0.39 is 0 Å². The number of hydrogen-bond acceptors (Lipinski definition) is 0. The van der Waals surface area contributed by atoms with E-state index in [4.69, 9.17) is 11.6 Å². The van der Waals surface area contributed by atoms with Crippen LogP contribution in [-0.2, 0) is 0 Å². The Balaban J connectivity index is 1.63. The molecule has 0 spiro atoms. The van der Waals surface area contributed by atoms with Gasteiger partial charge in [0.05, 0.1) is 38.5 Å². The Morgan fingerprint density at radius 2 is 0.865 bits per heavy atom. The smallest absolute Gasteiger partial charge is 0.0782 e. The Morgan fingerprint density at radius 3 is 1.62 bits per heavy atom. The van der Waals surface area contributed by atoms with Crippen LogP contribution in [0.5, 0.6) is 0 Å². The molecule has 8 aromatic rings. The zero-order valence-electron chi connectivity index (χ0n) is 19.9. The van der Waals surface area contributed by atoms with Gasteiger partial charge >= 0.3 is 0 Å². The zero-order chi connectivity index (χ0) is 24.5. The molecule has 6 aromatic carbocycles. The van der Waals surface area contributed by atoms with Gasteiger partial charge in [-0.1, -0.05) is 109 Å². The van der Waals surface area contributed by atoms with Gasteiger partial charge in [-0.3, -0.25) is 0 Å². The van der Waals surface area contributed by atoms with Gasteiger partial charge in [0.1, 0.15) is 0 Å². The first-order valence-corrected chi connectivity index (χ1v) is 12.9. The number of fused-ring (bicyclic) bond motifs is 7. The third-order valence-corrected chi connectivity index (χ3v) is 7.87. The number of para-hydroxylation sites is 4. The quantitative estimate of drug-likeness (QED) is 0.227. The van der Waals surface area contributed by atoms with Gasteiger partial charge in [0, 0.05) is 26.9 Å². The van der Waals surface area contributed by atoms with Crippen molar-refractivity contribution in [2.75, 3.05) is 0 Å². The average molecular weight is 493 g/mol. The predicted octanol–water partition coefficient (Wildman–Crippen LogP) is 9.69. The van der Waals surface area contributed by atoms with Crippen molar-refractivity contribution in [2.24, 2.45) is 0 Å². The largest absolute Gasteiger partial charge is 0.307 e. The molecule has 2 aromatic heterocycles. The lowest BCUT2D eigenvalue weighted by atomic mass is 10.1. The van der Waals surface area contributed by atoms with Crippen molar-refractivity contribution in [3.63, 3.8) is 0 Å². The van der Waals surface area contributed by atoms with Crippen LogP contribution in [0.25, 0.3) is 65.8 Å². The molecular formula is C34H21ClN2. The summed E-state index contributed by atoms with van der Waals surface area (Å²) in [7, 11) is 0. The summed E-state index contributed by atoms with van der Waals surface area (Å²) < 4.78 is 4.77. The highest BCUT2D eigenvalue weighted by Gasteiger charge is 2.21. The summed E-state index contributed by atoms with van der Waals surface area (Å²) in [6.07, 6.45) is 0. The Bertz CT molecular complexity index is 2160. The van der Waals surface area contributed by atoms with Crippen LogP contribution in [0.1, 0.15) is 0 Å². The average Bonchev–Trinajstić information content (AvgIpc) is 3.47. The molecule has 0 amide bonds. The molecule has 0 radical (unpaired) electrons. The number of benzene rings is 6. The standard InChI is InChI=1S/C34H21ClN2/c35-28-17-8-15-26-24-13-3-6-19-31(24)37(33(26)28)32-21-9-16-27-25-14-4-5-18-30(25)36(34(27)32)29-20-7-11-22-10-1-2-12-23(22)29/h1-21H. The summed E-state index contributed by atoms with van der Waals surface area (Å²) in [6, 6.07) is 45.2. The molecule has 2 heterocycles. The number of nitrogens with zero attached hydrogens (tertiary/aromatic N) is 2. The highest BCUT2D eigenvalue weighted by atomic mass is 35.5. The van der Waals surface area contributed by atoms with Crippen molar-refractivity contribution in [3.8, 4) is 11.4 Å². The van der Waals surface area contributed by atoms with Crippen LogP contribution in [0.4, 0.5) is 0 Å². The van der Waals surface area contributed by atoms with Crippen LogP contribution < -0.4 is 0 Å².